The van der Waals surface area contributed by atoms with E-state index in [4.69, 9.17) is 5.73 Å². The molecule has 7 heteroatoms. The minimum Gasteiger partial charge on any atom is -0.389 e. The van der Waals surface area contributed by atoms with Gasteiger partial charge in [-0.05, 0) is 37.3 Å². The van der Waals surface area contributed by atoms with Gasteiger partial charge in [-0.1, -0.05) is 19.4 Å². The van der Waals surface area contributed by atoms with Gasteiger partial charge in [0.15, 0.2) is 0 Å². The number of benzene rings is 1. The van der Waals surface area contributed by atoms with Crippen LogP contribution in [-0.2, 0) is 0 Å². The third-order valence-corrected chi connectivity index (χ3v) is 5.94. The quantitative estimate of drug-likeness (QED) is 0.427. The number of anilines is 2. The van der Waals surface area contributed by atoms with Crippen molar-refractivity contribution < 1.29 is 0 Å². The van der Waals surface area contributed by atoms with E-state index in [2.05, 4.69) is 47.1 Å². The van der Waals surface area contributed by atoms with Gasteiger partial charge in [-0.3, -0.25) is 0 Å². The van der Waals surface area contributed by atoms with Crippen LogP contribution in [0.2, 0.25) is 0 Å². The topological polar surface area (TPSA) is 67.1 Å². The maximum Gasteiger partial charge on any atom is 0.227 e. The van der Waals surface area contributed by atoms with Gasteiger partial charge in [-0.2, -0.15) is 4.98 Å². The van der Waals surface area contributed by atoms with Crippen LogP contribution in [0.4, 0.5) is 11.8 Å². The number of nitrogen functional groups attached to an aromatic ring is 1. The molecule has 1 aliphatic carbocycles. The Balaban J connectivity index is 1.58. The minimum absolute atomic E-state index is 0.466. The third kappa shape index (κ3) is 4.38. The Kier molecular flexibility index (Phi) is 6.19. The minimum atomic E-state index is 0.466. The molecule has 1 aliphatic rings. The fourth-order valence-electron chi connectivity index (χ4n) is 3.42. The molecule has 5 nitrogen and oxygen atoms in total. The second kappa shape index (κ2) is 8.39. The third-order valence-electron chi connectivity index (χ3n) is 5.02. The predicted molar refractivity (Wildman–Crippen MR) is 115 cm³/mol. The molecule has 1 saturated carbocycles. The largest absolute Gasteiger partial charge is 0.389 e. The summed E-state index contributed by atoms with van der Waals surface area (Å²) in [5, 5.41) is 4.29. The second-order valence-electron chi connectivity index (χ2n) is 6.98. The Morgan fingerprint density at radius 1 is 1.27 bits per heavy atom. The number of nitrogens with zero attached hydrogens (tertiary/aromatic N) is 3. The van der Waals surface area contributed by atoms with E-state index in [1.165, 1.54) is 31.4 Å². The first kappa shape index (κ1) is 19.2. The molecule has 3 rings (SSSR count). The summed E-state index contributed by atoms with van der Waals surface area (Å²) in [6, 6.07) is 3.74. The van der Waals surface area contributed by atoms with Crippen molar-refractivity contribution in [1.29, 1.82) is 0 Å². The van der Waals surface area contributed by atoms with Crippen molar-refractivity contribution in [2.24, 2.45) is 5.92 Å². The number of rotatable bonds is 7. The second-order valence-corrected chi connectivity index (χ2v) is 7.94. The molecule has 0 unspecified atom stereocenters. The number of allylic oxidation sites excluding steroid dienone is 1. The average Bonchev–Trinajstić information content (AvgIpc) is 3.14. The summed E-state index contributed by atoms with van der Waals surface area (Å²) < 4.78 is 0. The normalized spacial score (nSPS) is 14.7. The molecular formula is C19H27N5S2. The number of thiol groups is 2. The summed E-state index contributed by atoms with van der Waals surface area (Å²) >= 11 is 8.79. The molecule has 0 bridgehead atoms. The van der Waals surface area contributed by atoms with Crippen LogP contribution in [0.15, 0.2) is 34.2 Å². The van der Waals surface area contributed by atoms with Gasteiger partial charge in [0.05, 0.1) is 5.52 Å². The Hall–Kier alpha value is -1.60. The molecule has 2 aromatic rings. The maximum absolute atomic E-state index is 6.12. The highest BCUT2D eigenvalue weighted by Gasteiger charge is 2.17. The zero-order chi connectivity index (χ0) is 18.7. The first-order valence-corrected chi connectivity index (χ1v) is 9.98. The number of hydrogen-bond donors (Lipinski definition) is 4. The smallest absolute Gasteiger partial charge is 0.227 e. The number of nitrogens with two attached hydrogens (primary N) is 1. The zero-order valence-corrected chi connectivity index (χ0v) is 17.0. The predicted octanol–water partition coefficient (Wildman–Crippen LogP) is 3.91. The van der Waals surface area contributed by atoms with E-state index in [0.29, 0.717) is 17.7 Å². The van der Waals surface area contributed by atoms with Crippen LogP contribution < -0.4 is 16.0 Å². The van der Waals surface area contributed by atoms with E-state index < -0.39 is 0 Å². The molecule has 0 saturated heterocycles. The van der Waals surface area contributed by atoms with Crippen molar-refractivity contribution in [2.45, 2.75) is 41.9 Å². The van der Waals surface area contributed by atoms with Crippen LogP contribution in [0, 0.1) is 5.92 Å². The fourth-order valence-corrected chi connectivity index (χ4v) is 3.80. The molecule has 3 N–H and O–H groups in total. The fraction of sp³-hybridized carbons (Fsp3) is 0.474. The maximum atomic E-state index is 6.12. The molecule has 26 heavy (non-hydrogen) atoms. The lowest BCUT2D eigenvalue weighted by molar-refractivity contribution is 0.570. The first-order chi connectivity index (χ1) is 12.5. The lowest BCUT2D eigenvalue weighted by Crippen LogP contribution is -2.26. The Morgan fingerprint density at radius 2 is 1.96 bits per heavy atom. The number of hydrogen-bond acceptors (Lipinski definition) is 7. The summed E-state index contributed by atoms with van der Waals surface area (Å²) in [5.41, 5.74) is 8.10. The zero-order valence-electron chi connectivity index (χ0n) is 15.2. The molecule has 0 amide bonds. The van der Waals surface area contributed by atoms with Crippen LogP contribution in [0.3, 0.4) is 0 Å². The van der Waals surface area contributed by atoms with E-state index in [0.717, 1.165) is 40.2 Å². The lowest BCUT2D eigenvalue weighted by atomic mass is 10.1. The van der Waals surface area contributed by atoms with Gasteiger partial charge in [0.1, 0.15) is 5.82 Å². The van der Waals surface area contributed by atoms with Gasteiger partial charge in [0.2, 0.25) is 5.95 Å². The van der Waals surface area contributed by atoms with Crippen molar-refractivity contribution in [3.05, 3.63) is 24.4 Å². The van der Waals surface area contributed by atoms with Crippen LogP contribution in [0.1, 0.15) is 32.1 Å². The van der Waals surface area contributed by atoms with Crippen molar-refractivity contribution >= 4 is 47.9 Å². The van der Waals surface area contributed by atoms with Crippen molar-refractivity contribution in [3.63, 3.8) is 0 Å². The van der Waals surface area contributed by atoms with Crippen molar-refractivity contribution in [1.82, 2.24) is 15.3 Å². The number of aromatic nitrogens is 2. The highest BCUT2D eigenvalue weighted by atomic mass is 32.1. The van der Waals surface area contributed by atoms with E-state index in [1.807, 2.05) is 24.1 Å². The summed E-state index contributed by atoms with van der Waals surface area (Å²) in [6.45, 7) is 5.94. The molecule has 1 heterocycles. The van der Waals surface area contributed by atoms with E-state index in [1.54, 1.807) is 0 Å². The summed E-state index contributed by atoms with van der Waals surface area (Å²) in [4.78, 5) is 12.7. The van der Waals surface area contributed by atoms with Gasteiger partial charge >= 0.3 is 0 Å². The highest BCUT2D eigenvalue weighted by Crippen LogP contribution is 2.29. The molecule has 0 atom stereocenters. The molecule has 140 valence electrons. The summed E-state index contributed by atoms with van der Waals surface area (Å²) in [6.07, 6.45) is 6.19. The van der Waals surface area contributed by atoms with Crippen molar-refractivity contribution in [3.8, 4) is 0 Å². The molecule has 0 spiro atoms. The van der Waals surface area contributed by atoms with Crippen LogP contribution in [0.25, 0.3) is 10.9 Å². The SMILES string of the molecule is C=C(NCCCN(C)c1nc(N)c2cc(S)c(S)cc2n1)C1CCCC1. The van der Waals surface area contributed by atoms with Crippen LogP contribution >= 0.6 is 25.3 Å². The van der Waals surface area contributed by atoms with Gasteiger partial charge in [0.25, 0.3) is 0 Å². The van der Waals surface area contributed by atoms with Gasteiger partial charge in [-0.15, -0.1) is 25.3 Å². The van der Waals surface area contributed by atoms with Crippen molar-refractivity contribution in [2.75, 3.05) is 30.8 Å². The molecule has 0 radical (unpaired) electrons. The monoisotopic (exact) mass is 389 g/mol. The molecular weight excluding hydrogens is 362 g/mol. The van der Waals surface area contributed by atoms with Crippen LogP contribution in [-0.4, -0.2) is 30.1 Å². The van der Waals surface area contributed by atoms with Gasteiger partial charge in [0, 0.05) is 41.0 Å². The van der Waals surface area contributed by atoms with E-state index >= 15 is 0 Å². The summed E-state index contributed by atoms with van der Waals surface area (Å²) in [7, 11) is 1.99. The highest BCUT2D eigenvalue weighted by molar-refractivity contribution is 7.83. The Bertz CT molecular complexity index is 802. The molecule has 1 aromatic heterocycles. The number of fused-ring (bicyclic) bond motifs is 1. The first-order valence-electron chi connectivity index (χ1n) is 9.08. The number of nitrogens with one attached hydrogen (secondary N) is 1. The average molecular weight is 390 g/mol. The molecule has 0 aliphatic heterocycles. The van der Waals surface area contributed by atoms with E-state index in [9.17, 15) is 0 Å². The summed E-state index contributed by atoms with van der Waals surface area (Å²) in [5.74, 6) is 1.75. The van der Waals surface area contributed by atoms with Gasteiger partial charge < -0.3 is 16.0 Å². The van der Waals surface area contributed by atoms with Crippen LogP contribution in [0.5, 0.6) is 0 Å². The van der Waals surface area contributed by atoms with E-state index in [-0.39, 0.29) is 0 Å². The lowest BCUT2D eigenvalue weighted by Gasteiger charge is -2.20. The molecule has 1 aromatic carbocycles. The Labute approximate surface area is 166 Å². The Morgan fingerprint density at radius 3 is 2.69 bits per heavy atom. The molecule has 1 fully saturated rings. The van der Waals surface area contributed by atoms with Gasteiger partial charge in [-0.25, -0.2) is 4.98 Å². The standard InChI is InChI=1S/C19H27N5S2/c1-12(13-6-3-4-7-13)21-8-5-9-24(2)19-22-15-11-17(26)16(25)10-14(15)18(20)23-19/h10-11,13,21,25-26H,1,3-9H2,2H3,(H2,20,22,23).